The van der Waals surface area contributed by atoms with E-state index in [-0.39, 0.29) is 11.9 Å². The topological polar surface area (TPSA) is 55.4 Å². The lowest BCUT2D eigenvalue weighted by molar-refractivity contribution is 0.0526. The van der Waals surface area contributed by atoms with Crippen LogP contribution >= 0.6 is 23.1 Å². The van der Waals surface area contributed by atoms with Crippen molar-refractivity contribution in [1.82, 2.24) is 0 Å². The Labute approximate surface area is 168 Å². The Morgan fingerprint density at radius 2 is 2.04 bits per heavy atom. The maximum absolute atomic E-state index is 12.7. The Bertz CT molecular complexity index is 827. The summed E-state index contributed by atoms with van der Waals surface area (Å²) in [4.78, 5) is 26.5. The van der Waals surface area contributed by atoms with Crippen molar-refractivity contribution in [1.29, 1.82) is 0 Å². The molecule has 3 rings (SSSR count). The Morgan fingerprint density at radius 1 is 1.30 bits per heavy atom. The molecule has 1 N–H and O–H groups in total. The van der Waals surface area contributed by atoms with E-state index in [4.69, 9.17) is 4.74 Å². The number of carbonyl (C=O) groups is 2. The lowest BCUT2D eigenvalue weighted by Crippen LogP contribution is -2.16. The highest BCUT2D eigenvalue weighted by atomic mass is 32.2. The van der Waals surface area contributed by atoms with Crippen molar-refractivity contribution in [2.24, 2.45) is 5.92 Å². The van der Waals surface area contributed by atoms with E-state index in [0.29, 0.717) is 28.7 Å². The monoisotopic (exact) mass is 403 g/mol. The van der Waals surface area contributed by atoms with E-state index in [1.54, 1.807) is 18.7 Å². The molecule has 6 heteroatoms. The van der Waals surface area contributed by atoms with E-state index < -0.39 is 0 Å². The van der Waals surface area contributed by atoms with E-state index in [1.807, 2.05) is 24.3 Å². The molecule has 1 aromatic heterocycles. The summed E-state index contributed by atoms with van der Waals surface area (Å²) < 4.78 is 5.26. The van der Waals surface area contributed by atoms with Crippen LogP contribution in [0.5, 0.6) is 0 Å². The number of ether oxygens (including phenoxy) is 1. The van der Waals surface area contributed by atoms with Crippen LogP contribution in [0, 0.1) is 5.92 Å². The summed E-state index contributed by atoms with van der Waals surface area (Å²) >= 11 is 3.26. The van der Waals surface area contributed by atoms with E-state index in [2.05, 4.69) is 18.5 Å². The SMILES string of the molecule is CCOC(=O)c1c(NC(=O)c2ccc(CSC)cc2)sc2c1CCC(C)C2. The summed E-state index contributed by atoms with van der Waals surface area (Å²) in [6, 6.07) is 7.61. The number of hydrogen-bond acceptors (Lipinski definition) is 5. The van der Waals surface area contributed by atoms with Crippen LogP contribution in [0.4, 0.5) is 5.00 Å². The molecule has 0 aliphatic heterocycles. The molecule has 1 unspecified atom stereocenters. The predicted molar refractivity (Wildman–Crippen MR) is 113 cm³/mol. The van der Waals surface area contributed by atoms with Crippen molar-refractivity contribution in [3.05, 3.63) is 51.4 Å². The zero-order valence-corrected chi connectivity index (χ0v) is 17.6. The average Bonchev–Trinajstić information content (AvgIpc) is 2.99. The van der Waals surface area contributed by atoms with Gasteiger partial charge in [0.1, 0.15) is 5.00 Å². The minimum atomic E-state index is -0.338. The lowest BCUT2D eigenvalue weighted by atomic mass is 9.88. The van der Waals surface area contributed by atoms with Gasteiger partial charge in [-0.25, -0.2) is 4.79 Å². The van der Waals surface area contributed by atoms with Gasteiger partial charge in [0.2, 0.25) is 0 Å². The van der Waals surface area contributed by atoms with E-state index in [1.165, 1.54) is 21.8 Å². The molecule has 2 aromatic rings. The van der Waals surface area contributed by atoms with Crippen LogP contribution < -0.4 is 5.32 Å². The van der Waals surface area contributed by atoms with Gasteiger partial charge in [0.25, 0.3) is 5.91 Å². The molecule has 0 radical (unpaired) electrons. The van der Waals surface area contributed by atoms with Gasteiger partial charge in [-0.3, -0.25) is 4.79 Å². The highest BCUT2D eigenvalue weighted by Gasteiger charge is 2.29. The molecule has 144 valence electrons. The van der Waals surface area contributed by atoms with Gasteiger partial charge in [0.15, 0.2) is 0 Å². The minimum absolute atomic E-state index is 0.192. The number of benzene rings is 1. The molecular weight excluding hydrogens is 378 g/mol. The number of hydrogen-bond donors (Lipinski definition) is 1. The standard InChI is InChI=1S/C21H25NO3S2/c1-4-25-21(24)18-16-10-5-13(2)11-17(16)27-20(18)22-19(23)15-8-6-14(7-9-15)12-26-3/h6-9,13H,4-5,10-12H2,1-3H3,(H,22,23). The first-order valence-electron chi connectivity index (χ1n) is 9.24. The Hall–Kier alpha value is -1.79. The maximum Gasteiger partial charge on any atom is 0.341 e. The van der Waals surface area contributed by atoms with E-state index in [9.17, 15) is 9.59 Å². The van der Waals surface area contributed by atoms with Crippen LogP contribution in [0.3, 0.4) is 0 Å². The van der Waals surface area contributed by atoms with Gasteiger partial charge in [-0.2, -0.15) is 11.8 Å². The van der Waals surface area contributed by atoms with Gasteiger partial charge in [-0.15, -0.1) is 11.3 Å². The zero-order valence-electron chi connectivity index (χ0n) is 16.0. The molecule has 4 nitrogen and oxygen atoms in total. The van der Waals surface area contributed by atoms with Crippen molar-refractivity contribution in [3.8, 4) is 0 Å². The van der Waals surface area contributed by atoms with Gasteiger partial charge in [0, 0.05) is 16.2 Å². The molecule has 1 aromatic carbocycles. The molecule has 1 heterocycles. The third-order valence-corrected chi connectivity index (χ3v) is 6.54. The number of thioether (sulfide) groups is 1. The fraction of sp³-hybridized carbons (Fsp3) is 0.429. The zero-order chi connectivity index (χ0) is 19.4. The molecule has 0 saturated heterocycles. The summed E-state index contributed by atoms with van der Waals surface area (Å²) in [6.07, 6.45) is 4.92. The number of amides is 1. The molecule has 0 spiro atoms. The van der Waals surface area contributed by atoms with Crippen molar-refractivity contribution in [2.45, 2.75) is 38.9 Å². The summed E-state index contributed by atoms with van der Waals surface area (Å²) in [7, 11) is 0. The summed E-state index contributed by atoms with van der Waals surface area (Å²) in [5, 5.41) is 3.58. The van der Waals surface area contributed by atoms with E-state index in [0.717, 1.165) is 30.6 Å². The number of fused-ring (bicyclic) bond motifs is 1. The average molecular weight is 404 g/mol. The Morgan fingerprint density at radius 3 is 2.70 bits per heavy atom. The molecule has 1 atom stereocenters. The maximum atomic E-state index is 12.7. The smallest absolute Gasteiger partial charge is 0.341 e. The third kappa shape index (κ3) is 4.55. The van der Waals surface area contributed by atoms with Gasteiger partial charge in [0.05, 0.1) is 12.2 Å². The summed E-state index contributed by atoms with van der Waals surface area (Å²) in [5.74, 6) is 0.988. The Kier molecular flexibility index (Phi) is 6.60. The first-order chi connectivity index (χ1) is 13.0. The van der Waals surface area contributed by atoms with Crippen molar-refractivity contribution >= 4 is 40.0 Å². The van der Waals surface area contributed by atoms with Crippen LogP contribution in [0.2, 0.25) is 0 Å². The van der Waals surface area contributed by atoms with Gasteiger partial charge in [-0.05, 0) is 61.6 Å². The molecule has 0 saturated carbocycles. The van der Waals surface area contributed by atoms with E-state index >= 15 is 0 Å². The highest BCUT2D eigenvalue weighted by Crippen LogP contribution is 2.40. The fourth-order valence-corrected chi connectivity index (χ4v) is 5.27. The first kappa shape index (κ1) is 20.0. The van der Waals surface area contributed by atoms with Crippen molar-refractivity contribution < 1.29 is 14.3 Å². The predicted octanol–water partition coefficient (Wildman–Crippen LogP) is 5.16. The molecule has 0 bridgehead atoms. The fourth-order valence-electron chi connectivity index (χ4n) is 3.35. The molecule has 1 aliphatic carbocycles. The normalized spacial score (nSPS) is 15.9. The van der Waals surface area contributed by atoms with Crippen LogP contribution in [0.15, 0.2) is 24.3 Å². The van der Waals surface area contributed by atoms with Crippen LogP contribution in [-0.4, -0.2) is 24.7 Å². The second-order valence-corrected chi connectivity index (χ2v) is 8.83. The third-order valence-electron chi connectivity index (χ3n) is 4.75. The van der Waals surface area contributed by atoms with Gasteiger partial charge < -0.3 is 10.1 Å². The van der Waals surface area contributed by atoms with Gasteiger partial charge in [-0.1, -0.05) is 19.1 Å². The molecule has 27 heavy (non-hydrogen) atoms. The summed E-state index contributed by atoms with van der Waals surface area (Å²) in [6.45, 7) is 4.35. The lowest BCUT2D eigenvalue weighted by Gasteiger charge is -2.18. The second kappa shape index (κ2) is 8.93. The summed E-state index contributed by atoms with van der Waals surface area (Å²) in [5.41, 5.74) is 3.39. The van der Waals surface area contributed by atoms with Crippen molar-refractivity contribution in [2.75, 3.05) is 18.2 Å². The van der Waals surface area contributed by atoms with Crippen LogP contribution in [0.1, 0.15) is 57.0 Å². The van der Waals surface area contributed by atoms with Crippen LogP contribution in [0.25, 0.3) is 0 Å². The number of rotatable bonds is 6. The first-order valence-corrected chi connectivity index (χ1v) is 11.4. The number of nitrogens with one attached hydrogen (secondary N) is 1. The molecule has 0 fully saturated rings. The number of anilines is 1. The highest BCUT2D eigenvalue weighted by molar-refractivity contribution is 7.97. The van der Waals surface area contributed by atoms with Crippen LogP contribution in [-0.2, 0) is 23.3 Å². The second-order valence-electron chi connectivity index (χ2n) is 6.86. The Balaban J connectivity index is 1.86. The minimum Gasteiger partial charge on any atom is -0.462 e. The molecule has 1 aliphatic rings. The quantitative estimate of drug-likeness (QED) is 0.677. The number of carbonyl (C=O) groups excluding carboxylic acids is 2. The van der Waals surface area contributed by atoms with Crippen molar-refractivity contribution in [3.63, 3.8) is 0 Å². The largest absolute Gasteiger partial charge is 0.462 e. The number of esters is 1. The number of thiophene rings is 1. The molecule has 1 amide bonds. The van der Waals surface area contributed by atoms with Gasteiger partial charge >= 0.3 is 5.97 Å². The molecular formula is C21H25NO3S2.